The predicted octanol–water partition coefficient (Wildman–Crippen LogP) is 2.96. The highest BCUT2D eigenvalue weighted by Crippen LogP contribution is 2.41. The summed E-state index contributed by atoms with van der Waals surface area (Å²) in [5.74, 6) is -0.0355. The van der Waals surface area contributed by atoms with Crippen LogP contribution in [0.3, 0.4) is 0 Å². The Kier molecular flexibility index (Phi) is 3.35. The van der Waals surface area contributed by atoms with Gasteiger partial charge >= 0.3 is 0 Å². The van der Waals surface area contributed by atoms with Crippen LogP contribution in [0.2, 0.25) is 0 Å². The second-order valence-electron chi connectivity index (χ2n) is 5.58. The van der Waals surface area contributed by atoms with E-state index in [1.807, 2.05) is 18.2 Å². The van der Waals surface area contributed by atoms with Gasteiger partial charge in [-0.15, -0.1) is 0 Å². The number of benzene rings is 2. The minimum Gasteiger partial charge on any atom is -0.497 e. The van der Waals surface area contributed by atoms with Crippen molar-refractivity contribution in [2.24, 2.45) is 0 Å². The molecule has 0 saturated heterocycles. The monoisotopic (exact) mass is 340 g/mol. The van der Waals surface area contributed by atoms with Crippen molar-refractivity contribution in [1.29, 1.82) is 0 Å². The van der Waals surface area contributed by atoms with Gasteiger partial charge in [0.15, 0.2) is 10.9 Å². The Morgan fingerprint density at radius 2 is 1.92 bits per heavy atom. The zero-order valence-corrected chi connectivity index (χ0v) is 13.5. The molecule has 4 rings (SSSR count). The molecule has 2 aromatic rings. The summed E-state index contributed by atoms with van der Waals surface area (Å²) in [6.07, 6.45) is 0. The summed E-state index contributed by atoms with van der Waals surface area (Å²) in [6.45, 7) is 0. The minimum absolute atomic E-state index is 0.129. The maximum Gasteiger partial charge on any atom is 0.194 e. The average molecular weight is 340 g/mol. The summed E-state index contributed by atoms with van der Waals surface area (Å²) in [6, 6.07) is 11.1. The minimum atomic E-state index is -0.663. The van der Waals surface area contributed by atoms with Crippen LogP contribution < -0.4 is 15.4 Å². The standard InChI is InChI=1S/C18H13FN2O2S/c1-23-9-6-7-13(19)12(8-9)16-14-15(20-18(24)21-16)10-4-2-3-5-11(10)17(14)22/h2-8,16H,1H3,(H2,20,21,24). The quantitative estimate of drug-likeness (QED) is 0.823. The molecule has 1 atom stereocenters. The smallest absolute Gasteiger partial charge is 0.194 e. The van der Waals surface area contributed by atoms with E-state index in [4.69, 9.17) is 17.0 Å². The molecule has 0 spiro atoms. The Bertz CT molecular complexity index is 923. The van der Waals surface area contributed by atoms with Crippen LogP contribution in [0.5, 0.6) is 5.75 Å². The van der Waals surface area contributed by atoms with Gasteiger partial charge in [0.25, 0.3) is 0 Å². The van der Waals surface area contributed by atoms with E-state index in [1.54, 1.807) is 18.2 Å². The molecule has 0 radical (unpaired) electrons. The van der Waals surface area contributed by atoms with Crippen molar-refractivity contribution in [1.82, 2.24) is 10.6 Å². The van der Waals surface area contributed by atoms with Crippen molar-refractivity contribution in [3.63, 3.8) is 0 Å². The highest BCUT2D eigenvalue weighted by Gasteiger charge is 2.39. The molecule has 1 heterocycles. The van der Waals surface area contributed by atoms with Gasteiger partial charge in [0.05, 0.1) is 24.4 Å². The number of hydrogen-bond acceptors (Lipinski definition) is 3. The number of nitrogens with one attached hydrogen (secondary N) is 2. The molecule has 120 valence electrons. The van der Waals surface area contributed by atoms with E-state index < -0.39 is 11.9 Å². The maximum absolute atomic E-state index is 14.4. The second-order valence-corrected chi connectivity index (χ2v) is 5.99. The first-order valence-corrected chi connectivity index (χ1v) is 7.80. The normalized spacial score (nSPS) is 18.7. The molecule has 2 N–H and O–H groups in total. The van der Waals surface area contributed by atoms with Gasteiger partial charge in [-0.05, 0) is 30.4 Å². The maximum atomic E-state index is 14.4. The summed E-state index contributed by atoms with van der Waals surface area (Å²) in [7, 11) is 1.51. The number of methoxy groups -OCH3 is 1. The summed E-state index contributed by atoms with van der Waals surface area (Å²) in [4.78, 5) is 12.9. The van der Waals surface area contributed by atoms with E-state index in [9.17, 15) is 9.18 Å². The molecule has 24 heavy (non-hydrogen) atoms. The van der Waals surface area contributed by atoms with Crippen molar-refractivity contribution >= 4 is 28.8 Å². The van der Waals surface area contributed by atoms with Crippen molar-refractivity contribution in [3.8, 4) is 5.75 Å². The van der Waals surface area contributed by atoms with E-state index >= 15 is 0 Å². The van der Waals surface area contributed by atoms with E-state index in [2.05, 4.69) is 10.6 Å². The highest BCUT2D eigenvalue weighted by atomic mass is 32.1. The van der Waals surface area contributed by atoms with Crippen LogP contribution in [0.15, 0.2) is 48.0 Å². The summed E-state index contributed by atoms with van der Waals surface area (Å²) < 4.78 is 19.6. The Hall–Kier alpha value is -2.73. The highest BCUT2D eigenvalue weighted by molar-refractivity contribution is 7.80. The lowest BCUT2D eigenvalue weighted by molar-refractivity contribution is 0.103. The Labute approximate surface area is 143 Å². The molecule has 2 aliphatic rings. The molecule has 0 saturated carbocycles. The van der Waals surface area contributed by atoms with Crippen LogP contribution in [0.4, 0.5) is 4.39 Å². The Morgan fingerprint density at radius 3 is 2.67 bits per heavy atom. The number of ether oxygens (including phenoxy) is 1. The average Bonchev–Trinajstić information content (AvgIpc) is 2.88. The van der Waals surface area contributed by atoms with Gasteiger partial charge in [0, 0.05) is 16.7 Å². The van der Waals surface area contributed by atoms with Crippen LogP contribution in [-0.2, 0) is 0 Å². The van der Waals surface area contributed by atoms with Crippen molar-refractivity contribution in [2.45, 2.75) is 6.04 Å². The second kappa shape index (κ2) is 5.42. The van der Waals surface area contributed by atoms with Crippen LogP contribution in [0, 0.1) is 5.82 Å². The third-order valence-electron chi connectivity index (χ3n) is 4.27. The molecule has 0 aromatic heterocycles. The number of Topliss-reactive ketones (excluding diaryl/α,β-unsaturated/α-hetero) is 1. The molecule has 6 heteroatoms. The summed E-state index contributed by atoms with van der Waals surface area (Å²) in [5, 5.41) is 6.40. The third-order valence-corrected chi connectivity index (χ3v) is 4.49. The Morgan fingerprint density at radius 1 is 1.17 bits per heavy atom. The van der Waals surface area contributed by atoms with E-state index in [0.717, 1.165) is 5.56 Å². The number of fused-ring (bicyclic) bond motifs is 2. The molecular formula is C18H13FN2O2S. The zero-order chi connectivity index (χ0) is 16.8. The number of ketones is 1. The SMILES string of the molecule is COc1ccc(F)c(C2NC(=S)NC3=C2C(=O)c2ccccc23)c1. The fourth-order valence-electron chi connectivity index (χ4n) is 3.17. The summed E-state index contributed by atoms with van der Waals surface area (Å²) >= 11 is 5.26. The van der Waals surface area contributed by atoms with Crippen molar-refractivity contribution in [3.05, 3.63) is 70.5 Å². The largest absolute Gasteiger partial charge is 0.497 e. The van der Waals surface area contributed by atoms with Gasteiger partial charge in [-0.3, -0.25) is 4.79 Å². The zero-order valence-electron chi connectivity index (χ0n) is 12.7. The molecule has 2 aromatic carbocycles. The molecular weight excluding hydrogens is 327 g/mol. The lowest BCUT2D eigenvalue weighted by atomic mass is 9.94. The number of hydrogen-bond donors (Lipinski definition) is 2. The lowest BCUT2D eigenvalue weighted by Crippen LogP contribution is -2.43. The van der Waals surface area contributed by atoms with Crippen LogP contribution in [-0.4, -0.2) is 18.0 Å². The first kappa shape index (κ1) is 14.8. The van der Waals surface area contributed by atoms with E-state index in [1.165, 1.54) is 13.2 Å². The number of carbonyl (C=O) groups excluding carboxylic acids is 1. The predicted molar refractivity (Wildman–Crippen MR) is 92.3 cm³/mol. The number of carbonyl (C=O) groups is 1. The summed E-state index contributed by atoms with van der Waals surface area (Å²) in [5.41, 5.74) is 2.82. The topological polar surface area (TPSA) is 50.4 Å². The molecule has 4 nitrogen and oxygen atoms in total. The van der Waals surface area contributed by atoms with Crippen LogP contribution in [0.1, 0.15) is 27.5 Å². The van der Waals surface area contributed by atoms with Gasteiger partial charge in [0.2, 0.25) is 0 Å². The van der Waals surface area contributed by atoms with Crippen molar-refractivity contribution < 1.29 is 13.9 Å². The first-order chi connectivity index (χ1) is 11.6. The van der Waals surface area contributed by atoms with Gasteiger partial charge < -0.3 is 15.4 Å². The van der Waals surface area contributed by atoms with Gasteiger partial charge in [-0.25, -0.2) is 4.39 Å². The Balaban J connectivity index is 1.91. The van der Waals surface area contributed by atoms with Gasteiger partial charge in [-0.2, -0.15) is 0 Å². The number of halogens is 1. The van der Waals surface area contributed by atoms with Crippen LogP contribution in [0.25, 0.3) is 5.70 Å². The van der Waals surface area contributed by atoms with E-state index in [-0.39, 0.29) is 5.78 Å². The first-order valence-electron chi connectivity index (χ1n) is 7.39. The molecule has 0 bridgehead atoms. The number of thiocarbonyl (C=S) groups is 1. The van der Waals surface area contributed by atoms with Crippen LogP contribution >= 0.6 is 12.2 Å². The molecule has 0 amide bonds. The number of rotatable bonds is 2. The van der Waals surface area contributed by atoms with E-state index in [0.29, 0.717) is 33.3 Å². The fourth-order valence-corrected chi connectivity index (χ4v) is 3.39. The van der Waals surface area contributed by atoms with Gasteiger partial charge in [-0.1, -0.05) is 24.3 Å². The molecule has 1 aliphatic heterocycles. The lowest BCUT2D eigenvalue weighted by Gasteiger charge is -2.28. The van der Waals surface area contributed by atoms with Crippen molar-refractivity contribution in [2.75, 3.05) is 7.11 Å². The third kappa shape index (κ3) is 2.11. The molecule has 1 unspecified atom stereocenters. The fraction of sp³-hybridized carbons (Fsp3) is 0.111. The molecule has 1 aliphatic carbocycles. The van der Waals surface area contributed by atoms with Gasteiger partial charge in [0.1, 0.15) is 11.6 Å². The molecule has 0 fully saturated rings.